The van der Waals surface area contributed by atoms with Crippen molar-refractivity contribution in [1.82, 2.24) is 14.5 Å². The van der Waals surface area contributed by atoms with Crippen LogP contribution in [0, 0.1) is 11.8 Å². The van der Waals surface area contributed by atoms with Crippen molar-refractivity contribution in [2.45, 2.75) is 33.7 Å². The van der Waals surface area contributed by atoms with Gasteiger partial charge in [0.05, 0.1) is 12.2 Å². The maximum Gasteiger partial charge on any atom is 0.308 e. The molecule has 0 aromatic carbocycles. The van der Waals surface area contributed by atoms with Crippen LogP contribution in [0.1, 0.15) is 27.2 Å². The van der Waals surface area contributed by atoms with E-state index in [9.17, 15) is 9.59 Å². The van der Waals surface area contributed by atoms with E-state index < -0.39 is 11.9 Å². The molecule has 0 bridgehead atoms. The maximum atomic E-state index is 12.1. The van der Waals surface area contributed by atoms with E-state index >= 15 is 0 Å². The normalized spacial score (nSPS) is 12.4. The zero-order valence-corrected chi connectivity index (χ0v) is 12.3. The van der Waals surface area contributed by atoms with Gasteiger partial charge in [-0.3, -0.25) is 9.59 Å². The molecule has 0 saturated carbocycles. The molecule has 1 atom stereocenters. The molecule has 1 aromatic heterocycles. The van der Waals surface area contributed by atoms with Gasteiger partial charge in [0.2, 0.25) is 5.91 Å². The molecule has 0 saturated heterocycles. The van der Waals surface area contributed by atoms with Crippen LogP contribution in [-0.2, 0) is 16.1 Å². The SMILES string of the molecule is CC(C)C(=O)N(CCCn1ccnc1)CC(C)C(=O)O. The number of aromatic nitrogens is 2. The van der Waals surface area contributed by atoms with Gasteiger partial charge < -0.3 is 14.6 Å². The fourth-order valence-electron chi connectivity index (χ4n) is 1.93. The number of carboxylic acids is 1. The molecule has 0 spiro atoms. The second-order valence-electron chi connectivity index (χ2n) is 5.33. The Morgan fingerprint density at radius 2 is 2.05 bits per heavy atom. The Balaban J connectivity index is 2.53. The zero-order chi connectivity index (χ0) is 15.1. The molecular weight excluding hydrogens is 258 g/mol. The van der Waals surface area contributed by atoms with Crippen LogP contribution in [0.4, 0.5) is 0 Å². The van der Waals surface area contributed by atoms with E-state index in [1.165, 1.54) is 0 Å². The first-order chi connectivity index (χ1) is 9.41. The first-order valence-corrected chi connectivity index (χ1v) is 6.89. The number of hydrogen-bond acceptors (Lipinski definition) is 3. The minimum Gasteiger partial charge on any atom is -0.481 e. The Morgan fingerprint density at radius 1 is 1.35 bits per heavy atom. The molecule has 1 rings (SSSR count). The molecule has 0 radical (unpaired) electrons. The fourth-order valence-corrected chi connectivity index (χ4v) is 1.93. The van der Waals surface area contributed by atoms with Gasteiger partial charge in [0, 0.05) is 37.9 Å². The number of aryl methyl sites for hydroxylation is 1. The fraction of sp³-hybridized carbons (Fsp3) is 0.643. The molecule has 0 fully saturated rings. The zero-order valence-electron chi connectivity index (χ0n) is 12.3. The lowest BCUT2D eigenvalue weighted by Gasteiger charge is -2.26. The first kappa shape index (κ1) is 16.2. The predicted molar refractivity (Wildman–Crippen MR) is 75.1 cm³/mol. The summed E-state index contributed by atoms with van der Waals surface area (Å²) in [6.45, 7) is 6.87. The highest BCUT2D eigenvalue weighted by atomic mass is 16.4. The number of aliphatic carboxylic acids is 1. The lowest BCUT2D eigenvalue weighted by Crippen LogP contribution is -2.40. The highest BCUT2D eigenvalue weighted by Crippen LogP contribution is 2.08. The number of amides is 1. The largest absolute Gasteiger partial charge is 0.481 e. The van der Waals surface area contributed by atoms with Crippen LogP contribution in [0.5, 0.6) is 0 Å². The highest BCUT2D eigenvalue weighted by Gasteiger charge is 2.22. The predicted octanol–water partition coefficient (Wildman–Crippen LogP) is 1.48. The minimum atomic E-state index is -0.874. The van der Waals surface area contributed by atoms with E-state index in [2.05, 4.69) is 4.98 Å². The quantitative estimate of drug-likeness (QED) is 0.783. The van der Waals surface area contributed by atoms with Gasteiger partial charge in [-0.25, -0.2) is 4.98 Å². The summed E-state index contributed by atoms with van der Waals surface area (Å²) in [4.78, 5) is 28.7. The average Bonchev–Trinajstić information content (AvgIpc) is 2.89. The Hall–Kier alpha value is -1.85. The van der Waals surface area contributed by atoms with Crippen molar-refractivity contribution < 1.29 is 14.7 Å². The van der Waals surface area contributed by atoms with E-state index in [4.69, 9.17) is 5.11 Å². The Morgan fingerprint density at radius 3 is 2.55 bits per heavy atom. The van der Waals surface area contributed by atoms with Crippen molar-refractivity contribution in [3.63, 3.8) is 0 Å². The molecular formula is C14H23N3O3. The molecule has 1 aromatic rings. The number of hydrogen-bond donors (Lipinski definition) is 1. The van der Waals surface area contributed by atoms with Gasteiger partial charge in [-0.1, -0.05) is 20.8 Å². The van der Waals surface area contributed by atoms with E-state index in [0.717, 1.165) is 13.0 Å². The number of carbonyl (C=O) groups excluding carboxylic acids is 1. The van der Waals surface area contributed by atoms with Crippen LogP contribution in [0.25, 0.3) is 0 Å². The Bertz CT molecular complexity index is 429. The van der Waals surface area contributed by atoms with E-state index in [1.807, 2.05) is 24.6 Å². The van der Waals surface area contributed by atoms with Crippen molar-refractivity contribution in [2.24, 2.45) is 11.8 Å². The summed E-state index contributed by atoms with van der Waals surface area (Å²) in [6, 6.07) is 0. The molecule has 1 heterocycles. The van der Waals surface area contributed by atoms with Crippen molar-refractivity contribution >= 4 is 11.9 Å². The number of carbonyl (C=O) groups is 2. The van der Waals surface area contributed by atoms with Gasteiger partial charge in [-0.15, -0.1) is 0 Å². The summed E-state index contributed by atoms with van der Waals surface area (Å²) >= 11 is 0. The van der Waals surface area contributed by atoms with Gasteiger partial charge in [-0.2, -0.15) is 0 Å². The third-order valence-electron chi connectivity index (χ3n) is 3.12. The van der Waals surface area contributed by atoms with Crippen LogP contribution < -0.4 is 0 Å². The van der Waals surface area contributed by atoms with Crippen molar-refractivity contribution in [1.29, 1.82) is 0 Å². The van der Waals surface area contributed by atoms with Crippen LogP contribution in [0.3, 0.4) is 0 Å². The molecule has 1 amide bonds. The lowest BCUT2D eigenvalue weighted by molar-refractivity contribution is -0.143. The second-order valence-corrected chi connectivity index (χ2v) is 5.33. The van der Waals surface area contributed by atoms with Crippen LogP contribution in [0.15, 0.2) is 18.7 Å². The van der Waals surface area contributed by atoms with E-state index in [0.29, 0.717) is 6.54 Å². The summed E-state index contributed by atoms with van der Waals surface area (Å²) in [5.74, 6) is -1.54. The summed E-state index contributed by atoms with van der Waals surface area (Å²) in [7, 11) is 0. The minimum absolute atomic E-state index is 0.00345. The molecule has 1 unspecified atom stereocenters. The van der Waals surface area contributed by atoms with Crippen molar-refractivity contribution in [2.75, 3.05) is 13.1 Å². The van der Waals surface area contributed by atoms with Crippen LogP contribution >= 0.6 is 0 Å². The number of nitrogens with zero attached hydrogens (tertiary/aromatic N) is 3. The smallest absolute Gasteiger partial charge is 0.308 e. The summed E-state index contributed by atoms with van der Waals surface area (Å²) in [5.41, 5.74) is 0. The molecule has 0 aliphatic rings. The van der Waals surface area contributed by atoms with Crippen LogP contribution in [0.2, 0.25) is 0 Å². The molecule has 20 heavy (non-hydrogen) atoms. The highest BCUT2D eigenvalue weighted by molar-refractivity contribution is 5.79. The maximum absolute atomic E-state index is 12.1. The molecule has 1 N–H and O–H groups in total. The van der Waals surface area contributed by atoms with E-state index in [-0.39, 0.29) is 18.4 Å². The molecule has 0 aliphatic carbocycles. The van der Waals surface area contributed by atoms with Crippen molar-refractivity contribution in [3.8, 4) is 0 Å². The van der Waals surface area contributed by atoms with Gasteiger partial charge in [0.1, 0.15) is 0 Å². The summed E-state index contributed by atoms with van der Waals surface area (Å²) < 4.78 is 1.94. The number of carboxylic acid groups (broad SMARTS) is 1. The summed E-state index contributed by atoms with van der Waals surface area (Å²) in [5, 5.41) is 8.98. The first-order valence-electron chi connectivity index (χ1n) is 6.89. The lowest BCUT2D eigenvalue weighted by atomic mass is 10.1. The van der Waals surface area contributed by atoms with Gasteiger partial charge in [0.25, 0.3) is 0 Å². The Kier molecular flexibility index (Phi) is 6.21. The van der Waals surface area contributed by atoms with Crippen molar-refractivity contribution in [3.05, 3.63) is 18.7 Å². The number of imidazole rings is 1. The van der Waals surface area contributed by atoms with Gasteiger partial charge in [0.15, 0.2) is 0 Å². The molecule has 6 nitrogen and oxygen atoms in total. The molecule has 112 valence electrons. The Labute approximate surface area is 119 Å². The van der Waals surface area contributed by atoms with Crippen LogP contribution in [-0.4, -0.2) is 44.5 Å². The summed E-state index contributed by atoms with van der Waals surface area (Å²) in [6.07, 6.45) is 6.09. The van der Waals surface area contributed by atoms with Gasteiger partial charge in [-0.05, 0) is 6.42 Å². The molecule has 0 aliphatic heterocycles. The third-order valence-corrected chi connectivity index (χ3v) is 3.12. The monoisotopic (exact) mass is 281 g/mol. The topological polar surface area (TPSA) is 75.4 Å². The third kappa shape index (κ3) is 5.03. The van der Waals surface area contributed by atoms with Gasteiger partial charge >= 0.3 is 5.97 Å². The molecule has 6 heteroatoms. The standard InChI is InChI=1S/C14H23N3O3/c1-11(2)13(18)17(9-12(3)14(19)20)7-4-6-16-8-5-15-10-16/h5,8,10-12H,4,6-7,9H2,1-3H3,(H,19,20). The second kappa shape index (κ2) is 7.67. The average molecular weight is 281 g/mol. The number of rotatable bonds is 8. The van der Waals surface area contributed by atoms with E-state index in [1.54, 1.807) is 24.3 Å².